The zero-order valence-electron chi connectivity index (χ0n) is 8.45. The Hall–Kier alpha value is -1.41. The van der Waals surface area contributed by atoms with E-state index < -0.39 is 7.60 Å². The molecule has 0 bridgehead atoms. The van der Waals surface area contributed by atoms with Crippen molar-refractivity contribution in [1.82, 2.24) is 0 Å². The summed E-state index contributed by atoms with van der Waals surface area (Å²) in [6.45, 7) is 0. The predicted octanol–water partition coefficient (Wildman–Crippen LogP) is 2.16. The molecule has 4 heteroatoms. The van der Waals surface area contributed by atoms with Gasteiger partial charge in [0, 0.05) is 0 Å². The quantitative estimate of drug-likeness (QED) is 0.783. The number of benzene rings is 2. The molecule has 3 nitrogen and oxygen atoms in total. The van der Waals surface area contributed by atoms with E-state index in [1.54, 1.807) is 12.1 Å². The Balaban J connectivity index is 2.38. The van der Waals surface area contributed by atoms with E-state index in [0.717, 1.165) is 11.1 Å². The fourth-order valence-electron chi connectivity index (χ4n) is 1.48. The van der Waals surface area contributed by atoms with Crippen LogP contribution in [0.1, 0.15) is 0 Å². The van der Waals surface area contributed by atoms with E-state index in [-0.39, 0.29) is 5.30 Å². The molecular formula is C12H11O3P. The van der Waals surface area contributed by atoms with Crippen LogP contribution in [-0.4, -0.2) is 9.79 Å². The first-order valence-electron chi connectivity index (χ1n) is 4.79. The van der Waals surface area contributed by atoms with Gasteiger partial charge in [-0.2, -0.15) is 0 Å². The number of hydrogen-bond donors (Lipinski definition) is 2. The zero-order chi connectivity index (χ0) is 11.6. The summed E-state index contributed by atoms with van der Waals surface area (Å²) < 4.78 is 11.0. The predicted molar refractivity (Wildman–Crippen MR) is 63.6 cm³/mol. The van der Waals surface area contributed by atoms with Gasteiger partial charge in [-0.25, -0.2) is 0 Å². The van der Waals surface area contributed by atoms with Crippen LogP contribution < -0.4 is 5.30 Å². The van der Waals surface area contributed by atoms with Crippen LogP contribution in [0.15, 0.2) is 54.6 Å². The molecule has 0 saturated heterocycles. The molecule has 0 aromatic heterocycles. The Morgan fingerprint density at radius 2 is 1.25 bits per heavy atom. The molecule has 2 aromatic rings. The van der Waals surface area contributed by atoms with Gasteiger partial charge in [-0.15, -0.1) is 0 Å². The van der Waals surface area contributed by atoms with Crippen molar-refractivity contribution in [2.45, 2.75) is 0 Å². The fraction of sp³-hybridized carbons (Fsp3) is 0. The molecule has 0 unspecified atom stereocenters. The van der Waals surface area contributed by atoms with Crippen LogP contribution in [0.5, 0.6) is 0 Å². The number of hydrogen-bond acceptors (Lipinski definition) is 1. The van der Waals surface area contributed by atoms with Crippen LogP contribution in [0.4, 0.5) is 0 Å². The van der Waals surface area contributed by atoms with Crippen molar-refractivity contribution in [3.8, 4) is 11.1 Å². The van der Waals surface area contributed by atoms with E-state index in [4.69, 9.17) is 9.79 Å². The summed E-state index contributed by atoms with van der Waals surface area (Å²) >= 11 is 0. The normalized spacial score (nSPS) is 11.4. The molecule has 0 amide bonds. The maximum Gasteiger partial charge on any atom is 0.356 e. The molecule has 0 heterocycles. The molecule has 0 atom stereocenters. The second-order valence-corrected chi connectivity index (χ2v) is 5.06. The molecule has 0 aliphatic rings. The highest BCUT2D eigenvalue weighted by Crippen LogP contribution is 2.33. The Kier molecular flexibility index (Phi) is 2.92. The van der Waals surface area contributed by atoms with Gasteiger partial charge in [0.15, 0.2) is 0 Å². The summed E-state index contributed by atoms with van der Waals surface area (Å²) in [5, 5.41) is 0.0483. The van der Waals surface area contributed by atoms with Crippen LogP contribution in [0.3, 0.4) is 0 Å². The first-order chi connectivity index (χ1) is 7.57. The Bertz CT molecular complexity index is 514. The summed E-state index contributed by atoms with van der Waals surface area (Å²) in [5.74, 6) is 0. The number of rotatable bonds is 2. The van der Waals surface area contributed by atoms with Crippen molar-refractivity contribution >= 4 is 12.9 Å². The highest BCUT2D eigenvalue weighted by Gasteiger charge is 2.15. The summed E-state index contributed by atoms with van der Waals surface area (Å²) in [6, 6.07) is 16.0. The molecule has 2 N–H and O–H groups in total. The molecule has 0 saturated carbocycles. The molecule has 0 spiro atoms. The molecule has 0 aliphatic heterocycles. The molecular weight excluding hydrogens is 223 g/mol. The summed E-state index contributed by atoms with van der Waals surface area (Å²) in [6.07, 6.45) is 0. The van der Waals surface area contributed by atoms with Crippen molar-refractivity contribution in [3.05, 3.63) is 54.6 Å². The third-order valence-corrected chi connectivity index (χ3v) is 3.28. The third-order valence-electron chi connectivity index (χ3n) is 2.31. The lowest BCUT2D eigenvalue weighted by molar-refractivity contribution is 0.387. The van der Waals surface area contributed by atoms with Gasteiger partial charge in [0.2, 0.25) is 0 Å². The minimum atomic E-state index is -4.13. The molecule has 0 aliphatic carbocycles. The van der Waals surface area contributed by atoms with Gasteiger partial charge in [0.05, 0.1) is 5.30 Å². The minimum Gasteiger partial charge on any atom is -0.321 e. The van der Waals surface area contributed by atoms with Gasteiger partial charge < -0.3 is 9.79 Å². The smallest absolute Gasteiger partial charge is 0.321 e. The van der Waals surface area contributed by atoms with Gasteiger partial charge in [-0.1, -0.05) is 42.5 Å². The Labute approximate surface area is 93.5 Å². The molecule has 82 valence electrons. The lowest BCUT2D eigenvalue weighted by Gasteiger charge is -2.05. The van der Waals surface area contributed by atoms with E-state index in [0.29, 0.717) is 0 Å². The maximum atomic E-state index is 11.0. The third kappa shape index (κ3) is 2.39. The summed E-state index contributed by atoms with van der Waals surface area (Å²) in [7, 11) is -4.13. The molecule has 2 aromatic carbocycles. The highest BCUT2D eigenvalue weighted by molar-refractivity contribution is 7.60. The lowest BCUT2D eigenvalue weighted by Crippen LogP contribution is -2.02. The van der Waals surface area contributed by atoms with Crippen molar-refractivity contribution < 1.29 is 14.4 Å². The van der Waals surface area contributed by atoms with E-state index >= 15 is 0 Å². The fourth-order valence-corrected chi connectivity index (χ4v) is 2.02. The maximum absolute atomic E-state index is 11.0. The SMILES string of the molecule is O=P(O)(O)c1ccc(-c2ccccc2)cc1. The topological polar surface area (TPSA) is 57.5 Å². The Morgan fingerprint density at radius 1 is 0.750 bits per heavy atom. The average Bonchev–Trinajstić information content (AvgIpc) is 2.29. The van der Waals surface area contributed by atoms with Crippen molar-refractivity contribution in [1.29, 1.82) is 0 Å². The second kappa shape index (κ2) is 4.22. The lowest BCUT2D eigenvalue weighted by atomic mass is 10.1. The zero-order valence-corrected chi connectivity index (χ0v) is 9.34. The van der Waals surface area contributed by atoms with Gasteiger partial charge in [-0.05, 0) is 23.3 Å². The minimum absolute atomic E-state index is 0.0483. The van der Waals surface area contributed by atoms with Crippen LogP contribution in [-0.2, 0) is 4.57 Å². The first-order valence-corrected chi connectivity index (χ1v) is 6.40. The summed E-state index contributed by atoms with van der Waals surface area (Å²) in [5.41, 5.74) is 1.97. The highest BCUT2D eigenvalue weighted by atomic mass is 31.2. The monoisotopic (exact) mass is 234 g/mol. The van der Waals surface area contributed by atoms with Crippen molar-refractivity contribution in [2.75, 3.05) is 0 Å². The van der Waals surface area contributed by atoms with Crippen LogP contribution in [0, 0.1) is 0 Å². The van der Waals surface area contributed by atoms with E-state index in [2.05, 4.69) is 0 Å². The summed E-state index contributed by atoms with van der Waals surface area (Å²) in [4.78, 5) is 17.9. The van der Waals surface area contributed by atoms with Crippen LogP contribution in [0.25, 0.3) is 11.1 Å². The van der Waals surface area contributed by atoms with E-state index in [1.807, 2.05) is 30.3 Å². The van der Waals surface area contributed by atoms with Gasteiger partial charge in [0.1, 0.15) is 0 Å². The average molecular weight is 234 g/mol. The van der Waals surface area contributed by atoms with E-state index in [9.17, 15) is 4.57 Å². The standard InChI is InChI=1S/C12H11O3P/c13-16(14,15)12-8-6-11(7-9-12)10-4-2-1-3-5-10/h1-9H,(H2,13,14,15). The van der Waals surface area contributed by atoms with E-state index in [1.165, 1.54) is 12.1 Å². The molecule has 16 heavy (non-hydrogen) atoms. The first kappa shape index (κ1) is 11.1. The van der Waals surface area contributed by atoms with Gasteiger partial charge in [-0.3, -0.25) is 4.57 Å². The second-order valence-electron chi connectivity index (χ2n) is 3.46. The molecule has 2 rings (SSSR count). The molecule has 0 radical (unpaired) electrons. The van der Waals surface area contributed by atoms with Crippen LogP contribution in [0.2, 0.25) is 0 Å². The van der Waals surface area contributed by atoms with Crippen LogP contribution >= 0.6 is 7.60 Å². The Morgan fingerprint density at radius 3 is 1.75 bits per heavy atom. The van der Waals surface area contributed by atoms with Gasteiger partial charge >= 0.3 is 7.60 Å². The van der Waals surface area contributed by atoms with Crippen molar-refractivity contribution in [3.63, 3.8) is 0 Å². The molecule has 0 fully saturated rings. The largest absolute Gasteiger partial charge is 0.356 e. The van der Waals surface area contributed by atoms with Crippen molar-refractivity contribution in [2.24, 2.45) is 0 Å². The van der Waals surface area contributed by atoms with Gasteiger partial charge in [0.25, 0.3) is 0 Å².